The Bertz CT molecular complexity index is 264. The Hall–Kier alpha value is -0.860. The van der Waals surface area contributed by atoms with Crippen molar-refractivity contribution >= 4 is 0 Å². The minimum Gasteiger partial charge on any atom is -0.330 e. The maximum Gasteiger partial charge on any atom is 0.0306 e. The largest absolute Gasteiger partial charge is 0.330 e. The number of hydrogen-bond donors (Lipinski definition) is 2. The van der Waals surface area contributed by atoms with Crippen LogP contribution >= 0.6 is 0 Å². The first-order chi connectivity index (χ1) is 6.65. The van der Waals surface area contributed by atoms with Crippen molar-refractivity contribution in [1.82, 2.24) is 0 Å². The van der Waals surface area contributed by atoms with Crippen molar-refractivity contribution in [1.29, 1.82) is 0 Å². The summed E-state index contributed by atoms with van der Waals surface area (Å²) in [6.07, 6.45) is 0.848. The van der Waals surface area contributed by atoms with Gasteiger partial charge in [0.05, 0.1) is 0 Å². The van der Waals surface area contributed by atoms with Crippen LogP contribution in [-0.4, -0.2) is 6.54 Å². The van der Waals surface area contributed by atoms with Gasteiger partial charge < -0.3 is 11.5 Å². The average molecular weight is 192 g/mol. The smallest absolute Gasteiger partial charge is 0.0306 e. The van der Waals surface area contributed by atoms with Crippen LogP contribution in [0.3, 0.4) is 0 Å². The lowest BCUT2D eigenvalue weighted by Crippen LogP contribution is -2.15. The van der Waals surface area contributed by atoms with Crippen molar-refractivity contribution in [3.05, 3.63) is 35.4 Å². The van der Waals surface area contributed by atoms with Crippen molar-refractivity contribution in [2.24, 2.45) is 11.5 Å². The van der Waals surface area contributed by atoms with Crippen molar-refractivity contribution in [3.8, 4) is 0 Å². The highest BCUT2D eigenvalue weighted by Gasteiger charge is 2.05. The first kappa shape index (κ1) is 11.2. The summed E-state index contributed by atoms with van der Waals surface area (Å²) in [5.74, 6) is 0.579. The predicted molar refractivity (Wildman–Crippen MR) is 61.1 cm³/mol. The standard InChI is InChI=1S/C12H20N2/c1-9(2)10-3-5-11(6-4-10)12(14)7-8-13/h3-6,9,12H,7-8,13-14H2,1-2H3/t12-/m1/s1. The number of benzene rings is 1. The van der Waals surface area contributed by atoms with Crippen LogP contribution in [0.15, 0.2) is 24.3 Å². The molecule has 0 heterocycles. The highest BCUT2D eigenvalue weighted by molar-refractivity contribution is 5.26. The molecule has 0 saturated carbocycles. The second-order valence-corrected chi connectivity index (χ2v) is 4.01. The summed E-state index contributed by atoms with van der Waals surface area (Å²) in [6.45, 7) is 5.02. The van der Waals surface area contributed by atoms with Crippen LogP contribution in [0.1, 0.15) is 43.4 Å². The van der Waals surface area contributed by atoms with Gasteiger partial charge in [0.25, 0.3) is 0 Å². The second-order valence-electron chi connectivity index (χ2n) is 4.01. The molecule has 0 saturated heterocycles. The molecule has 2 heteroatoms. The third kappa shape index (κ3) is 2.82. The number of hydrogen-bond acceptors (Lipinski definition) is 2. The Labute approximate surface area is 86.3 Å². The number of nitrogens with two attached hydrogens (primary N) is 2. The number of rotatable bonds is 4. The van der Waals surface area contributed by atoms with Crippen molar-refractivity contribution in [2.75, 3.05) is 6.54 Å². The van der Waals surface area contributed by atoms with E-state index in [9.17, 15) is 0 Å². The Balaban J connectivity index is 2.72. The van der Waals surface area contributed by atoms with Gasteiger partial charge in [-0.1, -0.05) is 38.1 Å². The molecule has 0 fully saturated rings. The van der Waals surface area contributed by atoms with Crippen LogP contribution in [0.5, 0.6) is 0 Å². The molecule has 0 aliphatic heterocycles. The van der Waals surface area contributed by atoms with Crippen LogP contribution in [0.25, 0.3) is 0 Å². The molecular weight excluding hydrogens is 172 g/mol. The Morgan fingerprint density at radius 2 is 1.57 bits per heavy atom. The van der Waals surface area contributed by atoms with Crippen molar-refractivity contribution < 1.29 is 0 Å². The van der Waals surface area contributed by atoms with Crippen LogP contribution in [0.4, 0.5) is 0 Å². The quantitative estimate of drug-likeness (QED) is 0.768. The lowest BCUT2D eigenvalue weighted by Gasteiger charge is -2.12. The molecule has 4 N–H and O–H groups in total. The van der Waals surface area contributed by atoms with E-state index in [1.165, 1.54) is 11.1 Å². The molecule has 1 aromatic rings. The maximum atomic E-state index is 5.95. The zero-order valence-corrected chi connectivity index (χ0v) is 9.03. The van der Waals surface area contributed by atoms with Gasteiger partial charge in [-0.3, -0.25) is 0 Å². The zero-order valence-electron chi connectivity index (χ0n) is 9.03. The van der Waals surface area contributed by atoms with E-state index in [1.54, 1.807) is 0 Å². The summed E-state index contributed by atoms with van der Waals surface area (Å²) in [5.41, 5.74) is 14.0. The van der Waals surface area contributed by atoms with Gasteiger partial charge in [0, 0.05) is 6.04 Å². The molecule has 0 spiro atoms. The van der Waals surface area contributed by atoms with Gasteiger partial charge in [-0.25, -0.2) is 0 Å². The fraction of sp³-hybridized carbons (Fsp3) is 0.500. The van der Waals surface area contributed by atoms with Crippen molar-refractivity contribution in [3.63, 3.8) is 0 Å². The molecule has 1 atom stereocenters. The second kappa shape index (κ2) is 5.13. The highest BCUT2D eigenvalue weighted by Crippen LogP contribution is 2.18. The first-order valence-corrected chi connectivity index (χ1v) is 5.20. The monoisotopic (exact) mass is 192 g/mol. The van der Waals surface area contributed by atoms with E-state index in [-0.39, 0.29) is 6.04 Å². The van der Waals surface area contributed by atoms with E-state index in [1.807, 2.05) is 0 Å². The predicted octanol–water partition coefficient (Wildman–Crippen LogP) is 2.16. The molecule has 1 rings (SSSR count). The summed E-state index contributed by atoms with van der Waals surface area (Å²) in [7, 11) is 0. The van der Waals surface area contributed by atoms with Gasteiger partial charge >= 0.3 is 0 Å². The SMILES string of the molecule is CC(C)c1ccc([C@H](N)CCN)cc1. The molecule has 14 heavy (non-hydrogen) atoms. The van der Waals surface area contributed by atoms with Gasteiger partial charge in [-0.15, -0.1) is 0 Å². The molecule has 2 nitrogen and oxygen atoms in total. The molecule has 0 unspecified atom stereocenters. The summed E-state index contributed by atoms with van der Waals surface area (Å²) >= 11 is 0. The Morgan fingerprint density at radius 1 is 1.07 bits per heavy atom. The molecule has 0 aliphatic rings. The zero-order chi connectivity index (χ0) is 10.6. The van der Waals surface area contributed by atoms with Gasteiger partial charge in [-0.2, -0.15) is 0 Å². The minimum absolute atomic E-state index is 0.0845. The fourth-order valence-corrected chi connectivity index (χ4v) is 1.47. The van der Waals surface area contributed by atoms with E-state index in [0.717, 1.165) is 6.42 Å². The maximum absolute atomic E-state index is 5.95. The summed E-state index contributed by atoms with van der Waals surface area (Å²) in [5, 5.41) is 0. The van der Waals surface area contributed by atoms with Crippen LogP contribution in [0.2, 0.25) is 0 Å². The van der Waals surface area contributed by atoms with Gasteiger partial charge in [-0.05, 0) is 30.0 Å². The van der Waals surface area contributed by atoms with E-state index < -0.39 is 0 Å². The summed E-state index contributed by atoms with van der Waals surface area (Å²) < 4.78 is 0. The molecular formula is C12H20N2. The van der Waals surface area contributed by atoms with E-state index >= 15 is 0 Å². The Morgan fingerprint density at radius 3 is 2.00 bits per heavy atom. The average Bonchev–Trinajstić information content (AvgIpc) is 2.18. The van der Waals surface area contributed by atoms with Gasteiger partial charge in [0.15, 0.2) is 0 Å². The van der Waals surface area contributed by atoms with E-state index in [0.29, 0.717) is 12.5 Å². The normalized spacial score (nSPS) is 13.2. The Kier molecular flexibility index (Phi) is 4.11. The van der Waals surface area contributed by atoms with Gasteiger partial charge in [0.1, 0.15) is 0 Å². The van der Waals surface area contributed by atoms with Crippen molar-refractivity contribution in [2.45, 2.75) is 32.2 Å². The molecule has 1 aromatic carbocycles. The summed E-state index contributed by atoms with van der Waals surface area (Å²) in [6, 6.07) is 8.60. The molecule has 0 aromatic heterocycles. The highest BCUT2D eigenvalue weighted by atomic mass is 14.7. The van der Waals surface area contributed by atoms with Crippen LogP contribution < -0.4 is 11.5 Å². The summed E-state index contributed by atoms with van der Waals surface area (Å²) in [4.78, 5) is 0. The minimum atomic E-state index is 0.0845. The molecule has 0 bridgehead atoms. The molecule has 0 radical (unpaired) electrons. The molecule has 0 aliphatic carbocycles. The molecule has 0 amide bonds. The van der Waals surface area contributed by atoms with E-state index in [2.05, 4.69) is 38.1 Å². The first-order valence-electron chi connectivity index (χ1n) is 5.20. The lowest BCUT2D eigenvalue weighted by molar-refractivity contribution is 0.660. The van der Waals surface area contributed by atoms with E-state index in [4.69, 9.17) is 11.5 Å². The van der Waals surface area contributed by atoms with Gasteiger partial charge in [0.2, 0.25) is 0 Å². The molecule has 78 valence electrons. The van der Waals surface area contributed by atoms with Crippen LogP contribution in [-0.2, 0) is 0 Å². The third-order valence-electron chi connectivity index (χ3n) is 2.51. The van der Waals surface area contributed by atoms with Crippen LogP contribution in [0, 0.1) is 0 Å². The lowest BCUT2D eigenvalue weighted by atomic mass is 9.98. The topological polar surface area (TPSA) is 52.0 Å². The third-order valence-corrected chi connectivity index (χ3v) is 2.51. The fourth-order valence-electron chi connectivity index (χ4n) is 1.47.